The van der Waals surface area contributed by atoms with Crippen LogP contribution in [0.2, 0.25) is 0 Å². The van der Waals surface area contributed by atoms with Crippen molar-refractivity contribution in [1.82, 2.24) is 0 Å². The number of hydrogen-bond acceptors (Lipinski definition) is 4. The van der Waals surface area contributed by atoms with Gasteiger partial charge in [0.2, 0.25) is 10.0 Å². The number of nitrogens with two attached hydrogens (primary N) is 2. The molecule has 0 aliphatic rings. The molecule has 0 amide bonds. The molecule has 0 aromatic heterocycles. The second-order valence-corrected chi connectivity index (χ2v) is 5.22. The molecule has 0 heterocycles. The van der Waals surface area contributed by atoms with Gasteiger partial charge in [-0.25, -0.2) is 17.9 Å². The molecule has 0 bridgehead atoms. The van der Waals surface area contributed by atoms with Crippen molar-refractivity contribution in [2.24, 2.45) is 5.14 Å². The van der Waals surface area contributed by atoms with E-state index in [0.717, 1.165) is 0 Å². The van der Waals surface area contributed by atoms with Crippen molar-refractivity contribution in [3.63, 3.8) is 0 Å². The summed E-state index contributed by atoms with van der Waals surface area (Å²) in [7, 11) is -3.50. The summed E-state index contributed by atoms with van der Waals surface area (Å²) in [6.07, 6.45) is 0. The van der Waals surface area contributed by atoms with E-state index in [0.29, 0.717) is 11.3 Å². The lowest BCUT2D eigenvalue weighted by Crippen LogP contribution is -2.22. The standard InChI is InChI=1S/C9H14FN3O2S/c1-6-4-9(8(11)5-7(6)10)13-2-3-16(12,14)15/h4-5,13H,2-3,11H2,1H3,(H2,12,14,15). The number of halogens is 1. The smallest absolute Gasteiger partial charge is 0.210 e. The van der Waals surface area contributed by atoms with Crippen LogP contribution >= 0.6 is 0 Å². The Morgan fingerprint density at radius 2 is 2.06 bits per heavy atom. The minimum absolute atomic E-state index is 0.133. The molecule has 5 nitrogen and oxygen atoms in total. The van der Waals surface area contributed by atoms with Crippen molar-refractivity contribution in [2.45, 2.75) is 6.92 Å². The van der Waals surface area contributed by atoms with Crippen LogP contribution in [0, 0.1) is 12.7 Å². The Hall–Kier alpha value is -1.34. The summed E-state index contributed by atoms with van der Waals surface area (Å²) in [6.45, 7) is 1.73. The highest BCUT2D eigenvalue weighted by Crippen LogP contribution is 2.22. The van der Waals surface area contributed by atoms with E-state index in [4.69, 9.17) is 10.9 Å². The predicted octanol–water partition coefficient (Wildman–Crippen LogP) is 0.417. The highest BCUT2D eigenvalue weighted by Gasteiger charge is 2.06. The zero-order chi connectivity index (χ0) is 12.3. The summed E-state index contributed by atoms with van der Waals surface area (Å²) < 4.78 is 34.4. The van der Waals surface area contributed by atoms with Gasteiger partial charge in [-0.05, 0) is 24.6 Å². The van der Waals surface area contributed by atoms with E-state index in [1.54, 1.807) is 6.92 Å². The minimum atomic E-state index is -3.50. The Morgan fingerprint density at radius 1 is 1.44 bits per heavy atom. The van der Waals surface area contributed by atoms with Crippen molar-refractivity contribution >= 4 is 21.4 Å². The first-order valence-corrected chi connectivity index (χ1v) is 6.31. The van der Waals surface area contributed by atoms with E-state index < -0.39 is 15.8 Å². The van der Waals surface area contributed by atoms with E-state index >= 15 is 0 Å². The average Bonchev–Trinajstić information content (AvgIpc) is 2.11. The van der Waals surface area contributed by atoms with Crippen molar-refractivity contribution in [3.05, 3.63) is 23.5 Å². The molecule has 5 N–H and O–H groups in total. The lowest BCUT2D eigenvalue weighted by Gasteiger charge is -2.10. The highest BCUT2D eigenvalue weighted by molar-refractivity contribution is 7.89. The van der Waals surface area contributed by atoms with Gasteiger partial charge < -0.3 is 11.1 Å². The van der Waals surface area contributed by atoms with E-state index in [1.807, 2.05) is 0 Å². The molecule has 1 aromatic carbocycles. The number of hydrogen-bond donors (Lipinski definition) is 3. The number of aryl methyl sites for hydroxylation is 1. The molecular formula is C9H14FN3O2S. The number of sulfonamides is 1. The van der Waals surface area contributed by atoms with Gasteiger partial charge in [0.15, 0.2) is 0 Å². The van der Waals surface area contributed by atoms with E-state index in [9.17, 15) is 12.8 Å². The van der Waals surface area contributed by atoms with Crippen molar-refractivity contribution in [1.29, 1.82) is 0 Å². The Kier molecular flexibility index (Phi) is 3.71. The van der Waals surface area contributed by atoms with E-state index in [1.165, 1.54) is 12.1 Å². The quantitative estimate of drug-likeness (QED) is 0.671. The van der Waals surface area contributed by atoms with Crippen molar-refractivity contribution in [2.75, 3.05) is 23.3 Å². The van der Waals surface area contributed by atoms with Crippen LogP contribution in [0.5, 0.6) is 0 Å². The van der Waals surface area contributed by atoms with Crippen LogP contribution in [0.4, 0.5) is 15.8 Å². The van der Waals surface area contributed by atoms with Gasteiger partial charge in [0.05, 0.1) is 17.1 Å². The maximum Gasteiger partial charge on any atom is 0.210 e. The van der Waals surface area contributed by atoms with Gasteiger partial charge in [-0.1, -0.05) is 0 Å². The number of rotatable bonds is 4. The second-order valence-electron chi connectivity index (χ2n) is 3.48. The van der Waals surface area contributed by atoms with Crippen molar-refractivity contribution < 1.29 is 12.8 Å². The molecular weight excluding hydrogens is 233 g/mol. The van der Waals surface area contributed by atoms with Crippen LogP contribution in [-0.4, -0.2) is 20.7 Å². The molecule has 0 atom stereocenters. The average molecular weight is 247 g/mol. The van der Waals surface area contributed by atoms with E-state index in [-0.39, 0.29) is 18.0 Å². The van der Waals surface area contributed by atoms with Gasteiger partial charge in [-0.3, -0.25) is 0 Å². The molecule has 0 spiro atoms. The third-order valence-corrected chi connectivity index (χ3v) is 2.81. The molecule has 0 radical (unpaired) electrons. The first kappa shape index (κ1) is 12.7. The number of nitrogen functional groups attached to an aromatic ring is 1. The lowest BCUT2D eigenvalue weighted by atomic mass is 10.2. The summed E-state index contributed by atoms with van der Waals surface area (Å²) in [5.41, 5.74) is 6.73. The van der Waals surface area contributed by atoms with Crippen LogP contribution in [0.25, 0.3) is 0 Å². The molecule has 0 saturated heterocycles. The summed E-state index contributed by atoms with van der Waals surface area (Å²) in [6, 6.07) is 2.71. The van der Waals surface area contributed by atoms with Gasteiger partial charge >= 0.3 is 0 Å². The zero-order valence-electron chi connectivity index (χ0n) is 8.83. The maximum atomic E-state index is 13.0. The lowest BCUT2D eigenvalue weighted by molar-refractivity contribution is 0.598. The molecule has 0 unspecified atom stereocenters. The second kappa shape index (κ2) is 4.67. The molecule has 16 heavy (non-hydrogen) atoms. The SMILES string of the molecule is Cc1cc(NCCS(N)(=O)=O)c(N)cc1F. The monoisotopic (exact) mass is 247 g/mol. The normalized spacial score (nSPS) is 11.4. The number of anilines is 2. The van der Waals surface area contributed by atoms with Crippen LogP contribution < -0.4 is 16.2 Å². The highest BCUT2D eigenvalue weighted by atomic mass is 32.2. The van der Waals surface area contributed by atoms with Gasteiger partial charge in [0.25, 0.3) is 0 Å². The summed E-state index contributed by atoms with van der Waals surface area (Å²) in [5.74, 6) is -0.599. The minimum Gasteiger partial charge on any atom is -0.397 e. The van der Waals surface area contributed by atoms with Crippen LogP contribution in [-0.2, 0) is 10.0 Å². The molecule has 0 aliphatic carbocycles. The maximum absolute atomic E-state index is 13.0. The van der Waals surface area contributed by atoms with Gasteiger partial charge in [0, 0.05) is 6.54 Å². The molecule has 1 aromatic rings. The molecule has 0 aliphatic heterocycles. The van der Waals surface area contributed by atoms with Gasteiger partial charge in [-0.15, -0.1) is 0 Å². The van der Waals surface area contributed by atoms with E-state index in [2.05, 4.69) is 5.32 Å². The zero-order valence-corrected chi connectivity index (χ0v) is 9.64. The fraction of sp³-hybridized carbons (Fsp3) is 0.333. The predicted molar refractivity (Wildman–Crippen MR) is 62.0 cm³/mol. The molecule has 7 heteroatoms. The number of primary sulfonamides is 1. The Labute approximate surface area is 93.7 Å². The molecule has 0 fully saturated rings. The number of benzene rings is 1. The summed E-state index contributed by atoms with van der Waals surface area (Å²) in [5, 5.41) is 7.62. The molecule has 1 rings (SSSR count). The summed E-state index contributed by atoms with van der Waals surface area (Å²) >= 11 is 0. The third-order valence-electron chi connectivity index (χ3n) is 2.03. The number of nitrogens with one attached hydrogen (secondary N) is 1. The first-order chi connectivity index (χ1) is 7.29. The molecule has 90 valence electrons. The van der Waals surface area contributed by atoms with Gasteiger partial charge in [0.1, 0.15) is 5.82 Å². The van der Waals surface area contributed by atoms with Crippen molar-refractivity contribution in [3.8, 4) is 0 Å². The fourth-order valence-electron chi connectivity index (χ4n) is 1.18. The largest absolute Gasteiger partial charge is 0.397 e. The van der Waals surface area contributed by atoms with Crippen LogP contribution in [0.3, 0.4) is 0 Å². The van der Waals surface area contributed by atoms with Crippen LogP contribution in [0.1, 0.15) is 5.56 Å². The Morgan fingerprint density at radius 3 is 2.62 bits per heavy atom. The molecule has 0 saturated carbocycles. The summed E-state index contributed by atoms with van der Waals surface area (Å²) in [4.78, 5) is 0. The van der Waals surface area contributed by atoms with Gasteiger partial charge in [-0.2, -0.15) is 0 Å². The van der Waals surface area contributed by atoms with Crippen LogP contribution in [0.15, 0.2) is 12.1 Å². The fourth-order valence-corrected chi connectivity index (χ4v) is 1.56. The Balaban J connectivity index is 2.71. The first-order valence-electron chi connectivity index (χ1n) is 4.59. The Bertz CT molecular complexity index is 488. The third kappa shape index (κ3) is 3.67. The topological polar surface area (TPSA) is 98.2 Å².